The van der Waals surface area contributed by atoms with Gasteiger partial charge in [0.1, 0.15) is 0 Å². The fraction of sp³-hybridized carbons (Fsp3) is 0.500. The van der Waals surface area contributed by atoms with Crippen LogP contribution < -0.4 is 0 Å². The molecule has 0 bridgehead atoms. The second-order valence-electron chi connectivity index (χ2n) is 1.96. The Balaban J connectivity index is 3.48. The molecule has 0 saturated carbocycles. The molecule has 0 aromatic rings. The zero-order chi connectivity index (χ0) is 7.82. The molecule has 1 radical (unpaired) electrons. The number of hydrogen-bond donors (Lipinski definition) is 0. The van der Waals surface area contributed by atoms with Crippen LogP contribution in [-0.2, 0) is 3.07 Å². The van der Waals surface area contributed by atoms with Crippen LogP contribution in [0.2, 0.25) is 8.87 Å². The first-order valence-electron chi connectivity index (χ1n) is 3.54. The Kier molecular flexibility index (Phi) is 7.52. The first kappa shape index (κ1) is 10.2. The molecule has 0 aromatic heterocycles. The molecule has 10 heavy (non-hydrogen) atoms. The van der Waals surface area contributed by atoms with Crippen molar-refractivity contribution in [1.29, 1.82) is 0 Å². The third kappa shape index (κ3) is 5.06. The molecule has 0 heterocycles. The van der Waals surface area contributed by atoms with Crippen molar-refractivity contribution in [2.45, 2.75) is 15.8 Å². The summed E-state index contributed by atoms with van der Waals surface area (Å²) in [6.07, 6.45) is 3.93. The van der Waals surface area contributed by atoms with Gasteiger partial charge in [0.05, 0.1) is 0 Å². The zero-order valence-electron chi connectivity index (χ0n) is 6.60. The Hall–Kier alpha value is 0.239. The van der Waals surface area contributed by atoms with Crippen LogP contribution in [0.1, 0.15) is 6.92 Å². The van der Waals surface area contributed by atoms with E-state index >= 15 is 0 Å². The molecule has 0 unspecified atom stereocenters. The molecular weight excluding hydrogens is 231 g/mol. The van der Waals surface area contributed by atoms with Crippen LogP contribution in [0.25, 0.3) is 0 Å². The maximum absolute atomic E-state index is 5.58. The van der Waals surface area contributed by atoms with Crippen molar-refractivity contribution in [3.05, 3.63) is 25.3 Å². The Morgan fingerprint density at radius 2 is 1.80 bits per heavy atom. The predicted octanol–water partition coefficient (Wildman–Crippen LogP) is 2.39. The molecule has 0 amide bonds. The summed E-state index contributed by atoms with van der Waals surface area (Å²) in [7, 11) is 0. The first-order chi connectivity index (χ1) is 4.85. The quantitative estimate of drug-likeness (QED) is 0.516. The molecule has 0 aliphatic rings. The molecule has 0 rings (SSSR count). The standard InChI is InChI=1S/2C3H5.C2H5O.Sn/c2*1-3-2;1-2-3;/h2*3H,1-2H2;2H2,1H3;/q;;-1;+1. The molecule has 0 saturated heterocycles. The van der Waals surface area contributed by atoms with E-state index in [0.29, 0.717) is 0 Å². The Bertz CT molecular complexity index is 91.4. The molecule has 1 nitrogen and oxygen atoms in total. The summed E-state index contributed by atoms with van der Waals surface area (Å²) >= 11 is -1.49. The Morgan fingerprint density at radius 1 is 1.30 bits per heavy atom. The molecule has 0 N–H and O–H groups in total. The second kappa shape index (κ2) is 7.35. The van der Waals surface area contributed by atoms with Gasteiger partial charge >= 0.3 is 71.0 Å². The van der Waals surface area contributed by atoms with Crippen LogP contribution in [0.3, 0.4) is 0 Å². The average Bonchev–Trinajstić information content (AvgIpc) is 1.90. The molecule has 2 heteroatoms. The van der Waals surface area contributed by atoms with Crippen LogP contribution >= 0.6 is 0 Å². The van der Waals surface area contributed by atoms with Crippen molar-refractivity contribution in [1.82, 2.24) is 0 Å². The number of allylic oxidation sites excluding steroid dienone is 2. The summed E-state index contributed by atoms with van der Waals surface area (Å²) in [4.78, 5) is 0. The molecule has 0 aliphatic carbocycles. The Morgan fingerprint density at radius 3 is 2.10 bits per heavy atom. The van der Waals surface area contributed by atoms with E-state index in [-0.39, 0.29) is 0 Å². The fourth-order valence-electron chi connectivity index (χ4n) is 0.727. The normalized spacial score (nSPS) is 9.80. The van der Waals surface area contributed by atoms with E-state index in [2.05, 4.69) is 13.2 Å². The van der Waals surface area contributed by atoms with Crippen LogP contribution in [-0.4, -0.2) is 26.8 Å². The van der Waals surface area contributed by atoms with Crippen molar-refractivity contribution < 1.29 is 3.07 Å². The van der Waals surface area contributed by atoms with Crippen molar-refractivity contribution in [2.24, 2.45) is 0 Å². The van der Waals surface area contributed by atoms with Crippen LogP contribution in [0.15, 0.2) is 25.3 Å². The van der Waals surface area contributed by atoms with Gasteiger partial charge in [0.2, 0.25) is 0 Å². The second-order valence-corrected chi connectivity index (χ2v) is 8.19. The first-order valence-corrected chi connectivity index (χ1v) is 8.74. The topological polar surface area (TPSA) is 9.23 Å². The summed E-state index contributed by atoms with van der Waals surface area (Å²) in [5.74, 6) is 0. The molecular formula is C8H15OSn. The van der Waals surface area contributed by atoms with Crippen LogP contribution in [0.4, 0.5) is 0 Å². The monoisotopic (exact) mass is 247 g/mol. The van der Waals surface area contributed by atoms with Crippen molar-refractivity contribution in [3.8, 4) is 0 Å². The minimum absolute atomic E-state index is 0.858. The molecule has 0 spiro atoms. The summed E-state index contributed by atoms with van der Waals surface area (Å²) in [6.45, 7) is 10.3. The van der Waals surface area contributed by atoms with Gasteiger partial charge in [0, 0.05) is 0 Å². The third-order valence-electron chi connectivity index (χ3n) is 1.09. The van der Waals surface area contributed by atoms with Gasteiger partial charge in [-0.2, -0.15) is 0 Å². The summed E-state index contributed by atoms with van der Waals surface area (Å²) in [5.41, 5.74) is 0. The van der Waals surface area contributed by atoms with E-state index < -0.39 is 20.2 Å². The van der Waals surface area contributed by atoms with Crippen LogP contribution in [0.5, 0.6) is 0 Å². The average molecular weight is 246 g/mol. The molecule has 0 aliphatic heterocycles. The predicted molar refractivity (Wildman–Crippen MR) is 47.4 cm³/mol. The van der Waals surface area contributed by atoms with Crippen LogP contribution in [0, 0.1) is 0 Å². The SMILES string of the molecule is C=C[CH2][Sn]([CH2]C=C)[O]CC. The van der Waals surface area contributed by atoms with Gasteiger partial charge in [-0.05, 0) is 0 Å². The molecule has 0 aromatic carbocycles. The van der Waals surface area contributed by atoms with Gasteiger partial charge in [-0.25, -0.2) is 0 Å². The summed E-state index contributed by atoms with van der Waals surface area (Å²) in [6, 6.07) is 0. The maximum atomic E-state index is 5.58. The van der Waals surface area contributed by atoms with Crippen molar-refractivity contribution in [2.75, 3.05) is 6.61 Å². The van der Waals surface area contributed by atoms with E-state index in [9.17, 15) is 0 Å². The van der Waals surface area contributed by atoms with Crippen molar-refractivity contribution in [3.63, 3.8) is 0 Å². The van der Waals surface area contributed by atoms with Gasteiger partial charge in [0.25, 0.3) is 0 Å². The summed E-state index contributed by atoms with van der Waals surface area (Å²) in [5, 5.41) is 0. The molecule has 0 atom stereocenters. The fourth-order valence-corrected chi connectivity index (χ4v) is 4.88. The summed E-state index contributed by atoms with van der Waals surface area (Å²) < 4.78 is 7.80. The number of hydrogen-bond acceptors (Lipinski definition) is 1. The Labute approximate surface area is 71.1 Å². The van der Waals surface area contributed by atoms with E-state index in [4.69, 9.17) is 3.07 Å². The minimum atomic E-state index is -1.49. The van der Waals surface area contributed by atoms with Crippen molar-refractivity contribution >= 4 is 20.2 Å². The van der Waals surface area contributed by atoms with E-state index in [1.165, 1.54) is 0 Å². The van der Waals surface area contributed by atoms with Gasteiger partial charge in [-0.3, -0.25) is 0 Å². The van der Waals surface area contributed by atoms with Gasteiger partial charge in [-0.1, -0.05) is 0 Å². The number of rotatable bonds is 6. The van der Waals surface area contributed by atoms with E-state index in [1.54, 1.807) is 0 Å². The third-order valence-corrected chi connectivity index (χ3v) is 7.33. The van der Waals surface area contributed by atoms with Gasteiger partial charge in [-0.15, -0.1) is 0 Å². The van der Waals surface area contributed by atoms with E-state index in [1.807, 2.05) is 19.1 Å². The van der Waals surface area contributed by atoms with Gasteiger partial charge < -0.3 is 0 Å². The van der Waals surface area contributed by atoms with Gasteiger partial charge in [0.15, 0.2) is 0 Å². The molecule has 57 valence electrons. The van der Waals surface area contributed by atoms with E-state index in [0.717, 1.165) is 15.5 Å². The zero-order valence-corrected chi connectivity index (χ0v) is 9.45. The molecule has 0 fully saturated rings.